The Hall–Kier alpha value is -1.70. The van der Waals surface area contributed by atoms with Gasteiger partial charge in [-0.05, 0) is 17.5 Å². The predicted molar refractivity (Wildman–Crippen MR) is 88.9 cm³/mol. The number of nitrogens with zero attached hydrogens (tertiary/aromatic N) is 2. The van der Waals surface area contributed by atoms with Crippen LogP contribution < -0.4 is 0 Å². The lowest BCUT2D eigenvalue weighted by Crippen LogP contribution is -1.92. The van der Waals surface area contributed by atoms with Gasteiger partial charge in [-0.25, -0.2) is 9.97 Å². The maximum Gasteiger partial charge on any atom is 0.127 e. The summed E-state index contributed by atoms with van der Waals surface area (Å²) in [4.78, 5) is 8.61. The van der Waals surface area contributed by atoms with Gasteiger partial charge in [0.25, 0.3) is 0 Å². The summed E-state index contributed by atoms with van der Waals surface area (Å²) in [5.41, 5.74) is 3.62. The minimum Gasteiger partial charge on any atom is -0.241 e. The Morgan fingerprint density at radius 1 is 0.700 bits per heavy atom. The molecule has 2 nitrogen and oxygen atoms in total. The van der Waals surface area contributed by atoms with Gasteiger partial charge in [-0.1, -0.05) is 65.8 Å². The van der Waals surface area contributed by atoms with Gasteiger partial charge in [0.05, 0.1) is 0 Å². The number of benzene rings is 1. The van der Waals surface area contributed by atoms with Gasteiger partial charge in [-0.2, -0.15) is 0 Å². The van der Waals surface area contributed by atoms with Crippen LogP contribution in [0.25, 0.3) is 11.1 Å². The topological polar surface area (TPSA) is 25.8 Å². The fourth-order valence-corrected chi connectivity index (χ4v) is 1.62. The van der Waals surface area contributed by atoms with Crippen LogP contribution in [-0.4, -0.2) is 9.97 Å². The second-order valence-corrected chi connectivity index (χ2v) is 3.79. The minimum atomic E-state index is 0.884. The third-order valence-electron chi connectivity index (χ3n) is 2.72. The molecule has 2 heteroatoms. The minimum absolute atomic E-state index is 0.884. The van der Waals surface area contributed by atoms with Crippen LogP contribution in [0.2, 0.25) is 0 Å². The van der Waals surface area contributed by atoms with E-state index in [1.165, 1.54) is 11.1 Å². The molecule has 110 valence electrons. The lowest BCUT2D eigenvalue weighted by atomic mass is 10.1. The maximum atomic E-state index is 4.31. The molecular weight excluding hydrogens is 244 g/mol. The van der Waals surface area contributed by atoms with E-state index in [-0.39, 0.29) is 0 Å². The Balaban J connectivity index is 0.000000829. The highest BCUT2D eigenvalue weighted by Crippen LogP contribution is 2.18. The predicted octanol–water partition coefficient (Wildman–Crippen LogP) is 5.32. The Labute approximate surface area is 124 Å². The van der Waals surface area contributed by atoms with E-state index >= 15 is 0 Å². The van der Waals surface area contributed by atoms with Crippen LogP contribution in [0, 0.1) is 0 Å². The van der Waals surface area contributed by atoms with Crippen molar-refractivity contribution in [3.05, 3.63) is 48.0 Å². The number of hydrogen-bond donors (Lipinski definition) is 0. The first kappa shape index (κ1) is 18.3. The summed E-state index contributed by atoms with van der Waals surface area (Å²) in [6.07, 6.45) is 5.75. The van der Waals surface area contributed by atoms with Gasteiger partial charge < -0.3 is 0 Å². The summed E-state index contributed by atoms with van der Waals surface area (Å²) >= 11 is 0. The molecule has 0 amide bonds. The molecule has 1 heterocycles. The number of hydrogen-bond acceptors (Lipinski definition) is 2. The number of aromatic nitrogens is 2. The van der Waals surface area contributed by atoms with Crippen LogP contribution in [0.15, 0.2) is 36.7 Å². The highest BCUT2D eigenvalue weighted by molar-refractivity contribution is 5.61. The molecule has 0 bridgehead atoms. The standard InChI is InChI=1S/C14H16N2.2C2H6/c1-3-11-5-7-12(8-6-11)13-9-15-14(4-2)16-10-13;2*1-2/h5-10H,3-4H2,1-2H3;2*1-2H3. The van der Waals surface area contributed by atoms with Gasteiger partial charge in [0.1, 0.15) is 5.82 Å². The normalized spacial score (nSPS) is 8.90. The van der Waals surface area contributed by atoms with Crippen molar-refractivity contribution in [2.24, 2.45) is 0 Å². The maximum absolute atomic E-state index is 4.31. The van der Waals surface area contributed by atoms with Crippen LogP contribution in [-0.2, 0) is 12.8 Å². The second-order valence-electron chi connectivity index (χ2n) is 3.79. The number of aryl methyl sites for hydroxylation is 2. The fourth-order valence-electron chi connectivity index (χ4n) is 1.62. The van der Waals surface area contributed by atoms with Crippen LogP contribution >= 0.6 is 0 Å². The zero-order valence-electron chi connectivity index (χ0n) is 13.8. The third kappa shape index (κ3) is 5.52. The Morgan fingerprint density at radius 2 is 1.20 bits per heavy atom. The Bertz CT molecular complexity index is 398. The average molecular weight is 272 g/mol. The largest absolute Gasteiger partial charge is 0.241 e. The average Bonchev–Trinajstić information content (AvgIpc) is 2.59. The van der Waals surface area contributed by atoms with Gasteiger partial charge in [-0.15, -0.1) is 0 Å². The second kappa shape index (κ2) is 11.2. The van der Waals surface area contributed by atoms with E-state index < -0.39 is 0 Å². The molecule has 0 unspecified atom stereocenters. The first-order valence-corrected chi connectivity index (χ1v) is 7.73. The van der Waals surface area contributed by atoms with Crippen LogP contribution in [0.3, 0.4) is 0 Å². The molecule has 0 radical (unpaired) electrons. The quantitative estimate of drug-likeness (QED) is 0.755. The summed E-state index contributed by atoms with van der Waals surface area (Å²) in [5, 5.41) is 0. The lowest BCUT2D eigenvalue weighted by molar-refractivity contribution is 0.941. The van der Waals surface area contributed by atoms with Gasteiger partial charge in [0.15, 0.2) is 0 Å². The molecule has 2 aromatic rings. The molecule has 2 rings (SSSR count). The SMILES string of the molecule is CC.CC.CCc1ccc(-c2cnc(CC)nc2)cc1. The zero-order chi connectivity index (χ0) is 15.4. The van der Waals surface area contributed by atoms with E-state index in [9.17, 15) is 0 Å². The zero-order valence-corrected chi connectivity index (χ0v) is 13.8. The molecule has 0 aliphatic carbocycles. The van der Waals surface area contributed by atoms with Crippen LogP contribution in [0.5, 0.6) is 0 Å². The fraction of sp³-hybridized carbons (Fsp3) is 0.444. The summed E-state index contributed by atoms with van der Waals surface area (Å²) in [7, 11) is 0. The Kier molecular flexibility index (Phi) is 10.2. The molecule has 1 aromatic carbocycles. The first-order chi connectivity index (χ1) is 9.83. The molecule has 20 heavy (non-hydrogen) atoms. The summed E-state index contributed by atoms with van der Waals surface area (Å²) in [5.74, 6) is 0.897. The van der Waals surface area contributed by atoms with Crippen molar-refractivity contribution < 1.29 is 0 Å². The van der Waals surface area contributed by atoms with Crippen molar-refractivity contribution in [3.8, 4) is 11.1 Å². The van der Waals surface area contributed by atoms with Crippen molar-refractivity contribution in [2.75, 3.05) is 0 Å². The van der Waals surface area contributed by atoms with Crippen molar-refractivity contribution in [2.45, 2.75) is 54.4 Å². The van der Waals surface area contributed by atoms with E-state index in [0.29, 0.717) is 0 Å². The monoisotopic (exact) mass is 272 g/mol. The van der Waals surface area contributed by atoms with Crippen molar-refractivity contribution >= 4 is 0 Å². The van der Waals surface area contributed by atoms with Gasteiger partial charge in [0, 0.05) is 24.4 Å². The highest BCUT2D eigenvalue weighted by atomic mass is 14.9. The summed E-state index contributed by atoms with van der Waals surface area (Å²) < 4.78 is 0. The van der Waals surface area contributed by atoms with Gasteiger partial charge >= 0.3 is 0 Å². The number of rotatable bonds is 3. The van der Waals surface area contributed by atoms with E-state index in [0.717, 1.165) is 24.2 Å². The first-order valence-electron chi connectivity index (χ1n) is 7.73. The molecular formula is C18H28N2. The van der Waals surface area contributed by atoms with Crippen molar-refractivity contribution in [1.82, 2.24) is 9.97 Å². The van der Waals surface area contributed by atoms with E-state index in [1.54, 1.807) is 0 Å². The smallest absolute Gasteiger partial charge is 0.127 e. The molecule has 0 N–H and O–H groups in total. The molecule has 0 fully saturated rings. The molecule has 1 aromatic heterocycles. The molecule has 0 saturated carbocycles. The van der Waals surface area contributed by atoms with E-state index in [2.05, 4.69) is 48.1 Å². The third-order valence-corrected chi connectivity index (χ3v) is 2.72. The molecule has 0 atom stereocenters. The Morgan fingerprint density at radius 3 is 1.60 bits per heavy atom. The van der Waals surface area contributed by atoms with Crippen molar-refractivity contribution in [3.63, 3.8) is 0 Å². The summed E-state index contributed by atoms with van der Waals surface area (Å²) in [6, 6.07) is 8.57. The van der Waals surface area contributed by atoms with Gasteiger partial charge in [0.2, 0.25) is 0 Å². The summed E-state index contributed by atoms with van der Waals surface area (Å²) in [6.45, 7) is 12.2. The molecule has 0 saturated heterocycles. The highest BCUT2D eigenvalue weighted by Gasteiger charge is 1.99. The van der Waals surface area contributed by atoms with E-state index in [1.807, 2.05) is 40.1 Å². The van der Waals surface area contributed by atoms with E-state index in [4.69, 9.17) is 0 Å². The van der Waals surface area contributed by atoms with Gasteiger partial charge in [-0.3, -0.25) is 0 Å². The molecule has 0 spiro atoms. The van der Waals surface area contributed by atoms with Crippen molar-refractivity contribution in [1.29, 1.82) is 0 Å². The molecule has 0 aliphatic heterocycles. The molecule has 0 aliphatic rings. The lowest BCUT2D eigenvalue weighted by Gasteiger charge is -2.03. The van der Waals surface area contributed by atoms with Crippen LogP contribution in [0.1, 0.15) is 52.9 Å². The van der Waals surface area contributed by atoms with Crippen LogP contribution in [0.4, 0.5) is 0 Å².